The predicted octanol–water partition coefficient (Wildman–Crippen LogP) is 2.92. The van der Waals surface area contributed by atoms with Crippen molar-refractivity contribution in [2.24, 2.45) is 0 Å². The second-order valence-corrected chi connectivity index (χ2v) is 6.48. The van der Waals surface area contributed by atoms with E-state index in [0.29, 0.717) is 0 Å². The fourth-order valence-corrected chi connectivity index (χ4v) is 3.07. The predicted molar refractivity (Wildman–Crippen MR) is 71.0 cm³/mol. The molecule has 0 spiro atoms. The summed E-state index contributed by atoms with van der Waals surface area (Å²) in [7, 11) is -3.42. The summed E-state index contributed by atoms with van der Waals surface area (Å²) in [5, 5.41) is -0.467. The molecule has 4 heteroatoms. The van der Waals surface area contributed by atoms with Crippen LogP contribution in [0.3, 0.4) is 0 Å². The molecule has 94 valence electrons. The largest absolute Gasteiger partial charge is 0.245 e. The van der Waals surface area contributed by atoms with Gasteiger partial charge in [-0.3, -0.25) is 0 Å². The van der Waals surface area contributed by atoms with Crippen LogP contribution in [0.2, 0.25) is 0 Å². The summed E-state index contributed by atoms with van der Waals surface area (Å²) >= 11 is 0. The molecule has 1 unspecified atom stereocenters. The fraction of sp³-hybridized carbons (Fsp3) is 0.214. The maximum atomic E-state index is 12.4. The molecule has 0 amide bonds. The Bertz CT molecular complexity index is 619. The Morgan fingerprint density at radius 1 is 1.06 bits per heavy atom. The van der Waals surface area contributed by atoms with Gasteiger partial charge in [0.15, 0.2) is 5.03 Å². The number of hydrogen-bond acceptors (Lipinski definition) is 3. The van der Waals surface area contributed by atoms with Crippen LogP contribution >= 0.6 is 0 Å². The van der Waals surface area contributed by atoms with Crippen LogP contribution in [0.5, 0.6) is 0 Å². The molecule has 18 heavy (non-hydrogen) atoms. The monoisotopic (exact) mass is 261 g/mol. The lowest BCUT2D eigenvalue weighted by Gasteiger charge is -2.12. The molecule has 1 aromatic heterocycles. The lowest BCUT2D eigenvalue weighted by atomic mass is 10.1. The minimum absolute atomic E-state index is 0.123. The first kappa shape index (κ1) is 12.8. The van der Waals surface area contributed by atoms with E-state index in [1.807, 2.05) is 31.2 Å². The number of pyridine rings is 1. The molecule has 1 aromatic carbocycles. The summed E-state index contributed by atoms with van der Waals surface area (Å²) in [6.07, 6.45) is 1.49. The number of aryl methyl sites for hydroxylation is 1. The third kappa shape index (κ3) is 2.43. The topological polar surface area (TPSA) is 47.0 Å². The minimum Gasteiger partial charge on any atom is -0.245 e. The zero-order chi connectivity index (χ0) is 13.2. The summed E-state index contributed by atoms with van der Waals surface area (Å²) < 4.78 is 24.7. The minimum atomic E-state index is -3.42. The molecule has 2 rings (SSSR count). The quantitative estimate of drug-likeness (QED) is 0.853. The molecular formula is C14H15NO2S. The first-order chi connectivity index (χ1) is 8.51. The number of aromatic nitrogens is 1. The van der Waals surface area contributed by atoms with Crippen molar-refractivity contribution in [2.75, 3.05) is 0 Å². The van der Waals surface area contributed by atoms with E-state index in [1.54, 1.807) is 19.1 Å². The Morgan fingerprint density at radius 3 is 2.28 bits per heavy atom. The van der Waals surface area contributed by atoms with Gasteiger partial charge >= 0.3 is 0 Å². The van der Waals surface area contributed by atoms with Gasteiger partial charge in [-0.25, -0.2) is 13.4 Å². The van der Waals surface area contributed by atoms with Crippen molar-refractivity contribution < 1.29 is 8.42 Å². The van der Waals surface area contributed by atoms with E-state index >= 15 is 0 Å². The Kier molecular flexibility index (Phi) is 3.48. The average molecular weight is 261 g/mol. The van der Waals surface area contributed by atoms with E-state index in [9.17, 15) is 8.42 Å². The van der Waals surface area contributed by atoms with Crippen molar-refractivity contribution in [3.05, 3.63) is 59.8 Å². The Hall–Kier alpha value is -1.68. The standard InChI is InChI=1S/C14H15NO2S/c1-11-6-8-13(9-7-11)12(2)18(16,17)14-5-3-4-10-15-14/h3-10,12H,1-2H3. The molecule has 0 N–H and O–H groups in total. The fourth-order valence-electron chi connectivity index (χ4n) is 1.71. The number of nitrogens with zero attached hydrogens (tertiary/aromatic N) is 1. The summed E-state index contributed by atoms with van der Waals surface area (Å²) in [6.45, 7) is 3.66. The van der Waals surface area contributed by atoms with Crippen LogP contribution in [0, 0.1) is 6.92 Å². The van der Waals surface area contributed by atoms with Crippen LogP contribution in [-0.4, -0.2) is 13.4 Å². The molecule has 1 atom stereocenters. The molecule has 0 aliphatic carbocycles. The van der Waals surface area contributed by atoms with Gasteiger partial charge in [0.1, 0.15) is 0 Å². The summed E-state index contributed by atoms with van der Waals surface area (Å²) in [5.41, 5.74) is 1.90. The zero-order valence-electron chi connectivity index (χ0n) is 10.4. The van der Waals surface area contributed by atoms with Crippen molar-refractivity contribution >= 4 is 9.84 Å². The molecule has 2 aromatic rings. The van der Waals surface area contributed by atoms with Crippen LogP contribution < -0.4 is 0 Å². The highest BCUT2D eigenvalue weighted by Crippen LogP contribution is 2.27. The molecule has 0 bridgehead atoms. The first-order valence-electron chi connectivity index (χ1n) is 5.73. The van der Waals surface area contributed by atoms with Crippen LogP contribution in [0.4, 0.5) is 0 Å². The van der Waals surface area contributed by atoms with E-state index in [2.05, 4.69) is 4.98 Å². The average Bonchev–Trinajstić information content (AvgIpc) is 2.40. The van der Waals surface area contributed by atoms with Gasteiger partial charge in [-0.15, -0.1) is 0 Å². The van der Waals surface area contributed by atoms with E-state index < -0.39 is 15.1 Å². The summed E-state index contributed by atoms with van der Waals surface area (Å²) in [6, 6.07) is 12.4. The van der Waals surface area contributed by atoms with Crippen molar-refractivity contribution in [1.29, 1.82) is 0 Å². The van der Waals surface area contributed by atoms with Gasteiger partial charge in [0, 0.05) is 6.20 Å². The Morgan fingerprint density at radius 2 is 1.72 bits per heavy atom. The lowest BCUT2D eigenvalue weighted by Crippen LogP contribution is -2.12. The van der Waals surface area contributed by atoms with Crippen LogP contribution in [-0.2, 0) is 9.84 Å². The highest BCUT2D eigenvalue weighted by molar-refractivity contribution is 7.91. The third-order valence-corrected chi connectivity index (χ3v) is 4.97. The van der Waals surface area contributed by atoms with Crippen molar-refractivity contribution in [1.82, 2.24) is 4.98 Å². The molecule has 3 nitrogen and oxygen atoms in total. The van der Waals surface area contributed by atoms with Gasteiger partial charge in [-0.2, -0.15) is 0 Å². The summed E-state index contributed by atoms with van der Waals surface area (Å²) in [5.74, 6) is 0. The Labute approximate surface area is 107 Å². The number of sulfone groups is 1. The Balaban J connectivity index is 2.39. The zero-order valence-corrected chi connectivity index (χ0v) is 11.2. The maximum absolute atomic E-state index is 12.4. The molecular weight excluding hydrogens is 246 g/mol. The van der Waals surface area contributed by atoms with Crippen LogP contribution in [0.25, 0.3) is 0 Å². The van der Waals surface area contributed by atoms with Gasteiger partial charge in [-0.1, -0.05) is 35.9 Å². The molecule has 0 saturated heterocycles. The van der Waals surface area contributed by atoms with E-state index in [4.69, 9.17) is 0 Å². The molecule has 0 aliphatic heterocycles. The van der Waals surface area contributed by atoms with E-state index in [1.165, 1.54) is 12.3 Å². The third-order valence-electron chi connectivity index (χ3n) is 2.94. The van der Waals surface area contributed by atoms with Gasteiger partial charge in [0.2, 0.25) is 9.84 Å². The molecule has 0 saturated carbocycles. The van der Waals surface area contributed by atoms with Gasteiger partial charge in [0.25, 0.3) is 0 Å². The van der Waals surface area contributed by atoms with Crippen molar-refractivity contribution in [2.45, 2.75) is 24.1 Å². The van der Waals surface area contributed by atoms with Crippen LogP contribution in [0.15, 0.2) is 53.7 Å². The summed E-state index contributed by atoms with van der Waals surface area (Å²) in [4.78, 5) is 3.93. The van der Waals surface area contributed by atoms with Gasteiger partial charge < -0.3 is 0 Å². The number of rotatable bonds is 3. The maximum Gasteiger partial charge on any atom is 0.202 e. The molecule has 1 heterocycles. The van der Waals surface area contributed by atoms with E-state index in [-0.39, 0.29) is 5.03 Å². The lowest BCUT2D eigenvalue weighted by molar-refractivity contribution is 0.582. The first-order valence-corrected chi connectivity index (χ1v) is 7.28. The number of hydrogen-bond donors (Lipinski definition) is 0. The highest BCUT2D eigenvalue weighted by atomic mass is 32.2. The highest BCUT2D eigenvalue weighted by Gasteiger charge is 2.25. The smallest absolute Gasteiger partial charge is 0.202 e. The van der Waals surface area contributed by atoms with Gasteiger partial charge in [-0.05, 0) is 31.5 Å². The van der Waals surface area contributed by atoms with Crippen molar-refractivity contribution in [3.63, 3.8) is 0 Å². The normalized spacial score (nSPS) is 13.2. The van der Waals surface area contributed by atoms with Crippen molar-refractivity contribution in [3.8, 4) is 0 Å². The molecule has 0 aliphatic rings. The molecule has 0 radical (unpaired) electrons. The van der Waals surface area contributed by atoms with Crippen LogP contribution in [0.1, 0.15) is 23.3 Å². The van der Waals surface area contributed by atoms with Gasteiger partial charge in [0.05, 0.1) is 5.25 Å². The molecule has 0 fully saturated rings. The second kappa shape index (κ2) is 4.90. The second-order valence-electron chi connectivity index (χ2n) is 4.27. The number of benzene rings is 1. The SMILES string of the molecule is Cc1ccc(C(C)S(=O)(=O)c2ccccn2)cc1. The van der Waals surface area contributed by atoms with E-state index in [0.717, 1.165) is 11.1 Å².